The highest BCUT2D eigenvalue weighted by atomic mass is 16.3. The molecule has 2 aromatic rings. The molecule has 0 heterocycles. The Morgan fingerprint density at radius 1 is 1.00 bits per heavy atom. The first-order valence-corrected chi connectivity index (χ1v) is 6.38. The van der Waals surface area contributed by atoms with Gasteiger partial charge in [-0.05, 0) is 11.6 Å². The quantitative estimate of drug-likeness (QED) is 0.590. The Kier molecular flexibility index (Phi) is 3.94. The van der Waals surface area contributed by atoms with Crippen molar-refractivity contribution in [2.45, 2.75) is 19.8 Å². The fourth-order valence-electron chi connectivity index (χ4n) is 2.06. The van der Waals surface area contributed by atoms with Crippen molar-refractivity contribution < 1.29 is 20.1 Å². The third-order valence-electron chi connectivity index (χ3n) is 3.19. The number of phenols is 3. The first-order valence-electron chi connectivity index (χ1n) is 6.38. The van der Waals surface area contributed by atoms with Gasteiger partial charge in [0.1, 0.15) is 0 Å². The Morgan fingerprint density at radius 3 is 2.25 bits per heavy atom. The van der Waals surface area contributed by atoms with Gasteiger partial charge in [0.2, 0.25) is 5.75 Å². The Hall–Kier alpha value is -2.49. The van der Waals surface area contributed by atoms with Gasteiger partial charge in [0.05, 0.1) is 5.56 Å². The smallest absolute Gasteiger partial charge is 0.201 e. The van der Waals surface area contributed by atoms with E-state index in [1.165, 1.54) is 6.07 Å². The second-order valence-corrected chi connectivity index (χ2v) is 4.57. The van der Waals surface area contributed by atoms with Crippen LogP contribution in [0.3, 0.4) is 0 Å². The van der Waals surface area contributed by atoms with Crippen LogP contribution in [0.5, 0.6) is 17.2 Å². The van der Waals surface area contributed by atoms with E-state index in [1.807, 2.05) is 30.3 Å². The normalized spacial score (nSPS) is 10.4. The predicted molar refractivity (Wildman–Crippen MR) is 75.3 cm³/mol. The van der Waals surface area contributed by atoms with Crippen LogP contribution >= 0.6 is 0 Å². The predicted octanol–water partition coefficient (Wildman–Crippen LogP) is 2.99. The molecule has 0 aliphatic heterocycles. The van der Waals surface area contributed by atoms with Crippen LogP contribution in [0.15, 0.2) is 36.4 Å². The van der Waals surface area contributed by atoms with Crippen LogP contribution in [-0.2, 0) is 6.42 Å². The minimum atomic E-state index is -0.643. The highest BCUT2D eigenvalue weighted by Crippen LogP contribution is 2.41. The highest BCUT2D eigenvalue weighted by molar-refractivity contribution is 5.99. The molecule has 0 aromatic heterocycles. The van der Waals surface area contributed by atoms with Crippen LogP contribution in [-0.4, -0.2) is 21.1 Å². The summed E-state index contributed by atoms with van der Waals surface area (Å²) in [6.45, 7) is 1.67. The number of aromatic hydroxyl groups is 3. The van der Waals surface area contributed by atoms with Crippen LogP contribution in [0.2, 0.25) is 0 Å². The van der Waals surface area contributed by atoms with E-state index in [9.17, 15) is 20.1 Å². The highest BCUT2D eigenvalue weighted by Gasteiger charge is 2.20. The monoisotopic (exact) mass is 272 g/mol. The number of benzene rings is 2. The number of ketones is 1. The van der Waals surface area contributed by atoms with Gasteiger partial charge in [-0.15, -0.1) is 0 Å². The number of rotatable bonds is 4. The zero-order chi connectivity index (χ0) is 14.7. The molecular weight excluding hydrogens is 256 g/mol. The molecule has 0 saturated heterocycles. The van der Waals surface area contributed by atoms with Crippen molar-refractivity contribution in [1.29, 1.82) is 0 Å². The summed E-state index contributed by atoms with van der Waals surface area (Å²) in [5.41, 5.74) is 1.37. The SMILES string of the molecule is CCC(=O)c1cc(Cc2ccccc2)c(O)c(O)c1O. The fraction of sp³-hybridized carbons (Fsp3) is 0.188. The summed E-state index contributed by atoms with van der Waals surface area (Å²) in [6, 6.07) is 10.8. The molecule has 0 amide bonds. The summed E-state index contributed by atoms with van der Waals surface area (Å²) in [4.78, 5) is 11.7. The van der Waals surface area contributed by atoms with E-state index in [-0.39, 0.29) is 23.5 Å². The van der Waals surface area contributed by atoms with E-state index in [1.54, 1.807) is 6.92 Å². The van der Waals surface area contributed by atoms with Gasteiger partial charge in [-0.2, -0.15) is 0 Å². The van der Waals surface area contributed by atoms with Gasteiger partial charge in [-0.1, -0.05) is 37.3 Å². The Labute approximate surface area is 116 Å². The van der Waals surface area contributed by atoms with Gasteiger partial charge in [0, 0.05) is 18.4 Å². The van der Waals surface area contributed by atoms with Crippen LogP contribution in [0.25, 0.3) is 0 Å². The van der Waals surface area contributed by atoms with Crippen molar-refractivity contribution in [3.05, 3.63) is 53.1 Å². The maximum Gasteiger partial charge on any atom is 0.201 e. The lowest BCUT2D eigenvalue weighted by Crippen LogP contribution is -2.00. The number of Topliss-reactive ketones (excluding diaryl/α,β-unsaturated/α-hetero) is 1. The largest absolute Gasteiger partial charge is 0.504 e. The number of phenolic OH excluding ortho intramolecular Hbond substituents is 3. The summed E-state index contributed by atoms with van der Waals surface area (Å²) in [6.07, 6.45) is 0.576. The maximum atomic E-state index is 11.7. The number of hydrogen-bond acceptors (Lipinski definition) is 4. The second kappa shape index (κ2) is 5.65. The molecule has 0 atom stereocenters. The molecule has 0 aliphatic carbocycles. The van der Waals surface area contributed by atoms with Gasteiger partial charge >= 0.3 is 0 Å². The van der Waals surface area contributed by atoms with Gasteiger partial charge in [0.15, 0.2) is 17.3 Å². The van der Waals surface area contributed by atoms with Crippen LogP contribution in [0, 0.1) is 0 Å². The van der Waals surface area contributed by atoms with Gasteiger partial charge in [0.25, 0.3) is 0 Å². The van der Waals surface area contributed by atoms with E-state index in [0.717, 1.165) is 5.56 Å². The van der Waals surface area contributed by atoms with Crippen molar-refractivity contribution in [3.8, 4) is 17.2 Å². The second-order valence-electron chi connectivity index (χ2n) is 4.57. The van der Waals surface area contributed by atoms with Gasteiger partial charge < -0.3 is 15.3 Å². The molecule has 0 bridgehead atoms. The van der Waals surface area contributed by atoms with Crippen LogP contribution in [0.4, 0.5) is 0 Å². The van der Waals surface area contributed by atoms with E-state index in [0.29, 0.717) is 12.0 Å². The molecule has 4 heteroatoms. The fourth-order valence-corrected chi connectivity index (χ4v) is 2.06. The molecule has 0 fully saturated rings. The van der Waals surface area contributed by atoms with E-state index in [2.05, 4.69) is 0 Å². The zero-order valence-electron chi connectivity index (χ0n) is 11.1. The molecule has 104 valence electrons. The van der Waals surface area contributed by atoms with Crippen molar-refractivity contribution in [2.75, 3.05) is 0 Å². The number of carbonyl (C=O) groups is 1. The first-order chi connectivity index (χ1) is 9.54. The van der Waals surface area contributed by atoms with Crippen LogP contribution in [0.1, 0.15) is 34.8 Å². The summed E-state index contributed by atoms with van der Waals surface area (Å²) >= 11 is 0. The van der Waals surface area contributed by atoms with Crippen molar-refractivity contribution >= 4 is 5.78 Å². The Balaban J connectivity index is 2.48. The molecule has 3 N–H and O–H groups in total. The van der Waals surface area contributed by atoms with Crippen molar-refractivity contribution in [1.82, 2.24) is 0 Å². The molecule has 0 radical (unpaired) electrons. The Morgan fingerprint density at radius 2 is 1.65 bits per heavy atom. The summed E-state index contributed by atoms with van der Waals surface area (Å²) in [7, 11) is 0. The van der Waals surface area contributed by atoms with Crippen molar-refractivity contribution in [2.24, 2.45) is 0 Å². The molecule has 0 spiro atoms. The summed E-state index contributed by atoms with van der Waals surface area (Å²) in [5, 5.41) is 29.4. The van der Waals surface area contributed by atoms with E-state index in [4.69, 9.17) is 0 Å². The molecule has 0 unspecified atom stereocenters. The minimum absolute atomic E-state index is 0.0359. The van der Waals surface area contributed by atoms with Crippen molar-refractivity contribution in [3.63, 3.8) is 0 Å². The molecule has 2 aromatic carbocycles. The number of carbonyl (C=O) groups excluding carboxylic acids is 1. The average molecular weight is 272 g/mol. The minimum Gasteiger partial charge on any atom is -0.504 e. The molecular formula is C16H16O4. The molecule has 20 heavy (non-hydrogen) atoms. The van der Waals surface area contributed by atoms with Gasteiger partial charge in [-0.25, -0.2) is 0 Å². The van der Waals surface area contributed by atoms with Crippen LogP contribution < -0.4 is 0 Å². The topological polar surface area (TPSA) is 77.8 Å². The maximum absolute atomic E-state index is 11.7. The average Bonchev–Trinajstić information content (AvgIpc) is 2.48. The molecule has 2 rings (SSSR count). The third kappa shape index (κ3) is 2.59. The first kappa shape index (κ1) is 13.9. The molecule has 0 saturated carbocycles. The van der Waals surface area contributed by atoms with E-state index >= 15 is 0 Å². The van der Waals surface area contributed by atoms with E-state index < -0.39 is 11.5 Å². The third-order valence-corrected chi connectivity index (χ3v) is 3.19. The summed E-state index contributed by atoms with van der Waals surface area (Å²) in [5.74, 6) is -1.88. The standard InChI is InChI=1S/C16H16O4/c1-2-13(17)12-9-11(14(18)16(20)15(12)19)8-10-6-4-3-5-7-10/h3-7,9,18-20H,2,8H2,1H3. The molecule has 4 nitrogen and oxygen atoms in total. The number of hydrogen-bond donors (Lipinski definition) is 3. The zero-order valence-corrected chi connectivity index (χ0v) is 11.1. The lowest BCUT2D eigenvalue weighted by molar-refractivity contribution is 0.0984. The summed E-state index contributed by atoms with van der Waals surface area (Å²) < 4.78 is 0. The lowest BCUT2D eigenvalue weighted by Gasteiger charge is -2.11. The van der Waals surface area contributed by atoms with Gasteiger partial charge in [-0.3, -0.25) is 4.79 Å². The Bertz CT molecular complexity index is 633. The molecule has 0 aliphatic rings. The lowest BCUT2D eigenvalue weighted by atomic mass is 9.98.